The molecule has 0 aliphatic rings. The molecule has 1 aromatic rings. The van der Waals surface area contributed by atoms with Gasteiger partial charge in [-0.25, -0.2) is 4.79 Å². The average molecular weight is 317 g/mol. The Balaban J connectivity index is 2.22. The van der Waals surface area contributed by atoms with Crippen LogP contribution in [-0.2, 0) is 11.3 Å². The Morgan fingerprint density at radius 1 is 1.39 bits per heavy atom. The number of hydrogen-bond acceptors (Lipinski definition) is 3. The van der Waals surface area contributed by atoms with Crippen LogP contribution in [0.25, 0.3) is 0 Å². The highest BCUT2D eigenvalue weighted by atomic mass is 79.9. The topological polar surface area (TPSA) is 70.6 Å². The third-order valence-electron chi connectivity index (χ3n) is 2.22. The van der Waals surface area contributed by atoms with Gasteiger partial charge in [0, 0.05) is 24.7 Å². The smallest absolute Gasteiger partial charge is 0.315 e. The molecule has 18 heavy (non-hydrogen) atoms. The van der Waals surface area contributed by atoms with E-state index in [0.29, 0.717) is 6.54 Å². The number of halogens is 1. The number of methoxy groups -OCH3 is 1. The lowest BCUT2D eigenvalue weighted by Crippen LogP contribution is -2.40. The molecular formula is C12H17BrN2O3. The maximum atomic E-state index is 11.4. The Hall–Kier alpha value is -1.11. The summed E-state index contributed by atoms with van der Waals surface area (Å²) >= 11 is 3.34. The number of urea groups is 1. The number of benzene rings is 1. The first kappa shape index (κ1) is 14.9. The minimum absolute atomic E-state index is 0.167. The summed E-state index contributed by atoms with van der Waals surface area (Å²) in [5.41, 5.74) is 1.01. The van der Waals surface area contributed by atoms with Crippen LogP contribution in [0.15, 0.2) is 28.7 Å². The van der Waals surface area contributed by atoms with Crippen molar-refractivity contribution in [2.45, 2.75) is 12.6 Å². The zero-order chi connectivity index (χ0) is 13.4. The van der Waals surface area contributed by atoms with Gasteiger partial charge in [0.15, 0.2) is 0 Å². The Labute approximate surface area is 115 Å². The molecule has 0 heterocycles. The van der Waals surface area contributed by atoms with Crippen LogP contribution in [0, 0.1) is 0 Å². The van der Waals surface area contributed by atoms with Gasteiger partial charge in [0.1, 0.15) is 0 Å². The van der Waals surface area contributed by atoms with Gasteiger partial charge in [-0.15, -0.1) is 0 Å². The molecule has 0 aliphatic heterocycles. The van der Waals surface area contributed by atoms with Crippen molar-refractivity contribution >= 4 is 22.0 Å². The van der Waals surface area contributed by atoms with Crippen molar-refractivity contribution in [1.82, 2.24) is 10.6 Å². The lowest BCUT2D eigenvalue weighted by Gasteiger charge is -2.11. The summed E-state index contributed by atoms with van der Waals surface area (Å²) in [7, 11) is 1.50. The fourth-order valence-electron chi connectivity index (χ4n) is 1.31. The van der Waals surface area contributed by atoms with Gasteiger partial charge < -0.3 is 20.5 Å². The molecule has 2 amide bonds. The molecule has 3 N–H and O–H groups in total. The molecule has 1 atom stereocenters. The van der Waals surface area contributed by atoms with Gasteiger partial charge in [-0.3, -0.25) is 0 Å². The highest BCUT2D eigenvalue weighted by molar-refractivity contribution is 9.10. The lowest BCUT2D eigenvalue weighted by atomic mass is 10.2. The summed E-state index contributed by atoms with van der Waals surface area (Å²) in [6.45, 7) is 0.812. The number of ether oxygens (including phenoxy) is 1. The van der Waals surface area contributed by atoms with Crippen LogP contribution in [0.1, 0.15) is 5.56 Å². The summed E-state index contributed by atoms with van der Waals surface area (Å²) in [6, 6.07) is 7.36. The normalized spacial score (nSPS) is 11.9. The van der Waals surface area contributed by atoms with Gasteiger partial charge in [0.2, 0.25) is 0 Å². The van der Waals surface area contributed by atoms with Crippen molar-refractivity contribution in [1.29, 1.82) is 0 Å². The molecule has 0 aromatic heterocycles. The van der Waals surface area contributed by atoms with Gasteiger partial charge in [-0.2, -0.15) is 0 Å². The van der Waals surface area contributed by atoms with Crippen LogP contribution < -0.4 is 10.6 Å². The second-order valence-corrected chi connectivity index (χ2v) is 4.71. The summed E-state index contributed by atoms with van der Waals surface area (Å²) in [6.07, 6.45) is -0.687. The predicted molar refractivity (Wildman–Crippen MR) is 72.3 cm³/mol. The molecule has 0 fully saturated rings. The molecule has 1 unspecified atom stereocenters. The summed E-state index contributed by atoms with van der Waals surface area (Å²) in [4.78, 5) is 11.4. The van der Waals surface area contributed by atoms with E-state index in [2.05, 4.69) is 26.6 Å². The maximum absolute atomic E-state index is 11.4. The van der Waals surface area contributed by atoms with Gasteiger partial charge >= 0.3 is 6.03 Å². The maximum Gasteiger partial charge on any atom is 0.315 e. The fraction of sp³-hybridized carbons (Fsp3) is 0.417. The van der Waals surface area contributed by atoms with E-state index >= 15 is 0 Å². The van der Waals surface area contributed by atoms with E-state index in [4.69, 9.17) is 4.74 Å². The molecule has 0 spiro atoms. The molecule has 0 saturated carbocycles. The molecule has 0 bridgehead atoms. The molecule has 1 rings (SSSR count). The van der Waals surface area contributed by atoms with Crippen molar-refractivity contribution < 1.29 is 14.6 Å². The monoisotopic (exact) mass is 316 g/mol. The van der Waals surface area contributed by atoms with Crippen LogP contribution in [0.4, 0.5) is 4.79 Å². The molecular weight excluding hydrogens is 300 g/mol. The molecule has 5 nitrogen and oxygen atoms in total. The van der Waals surface area contributed by atoms with Crippen LogP contribution in [0.3, 0.4) is 0 Å². The first-order chi connectivity index (χ1) is 8.61. The van der Waals surface area contributed by atoms with Crippen LogP contribution in [0.5, 0.6) is 0 Å². The zero-order valence-electron chi connectivity index (χ0n) is 10.1. The molecule has 0 radical (unpaired) electrons. The van der Waals surface area contributed by atoms with E-state index in [1.807, 2.05) is 24.3 Å². The third kappa shape index (κ3) is 6.00. The van der Waals surface area contributed by atoms with Crippen LogP contribution in [0.2, 0.25) is 0 Å². The number of aliphatic hydroxyl groups excluding tert-OH is 1. The van der Waals surface area contributed by atoms with Gasteiger partial charge in [0.25, 0.3) is 0 Å². The standard InChI is InChI=1S/C12H17BrN2O3/c1-18-8-11(16)7-15-12(17)14-6-9-2-4-10(13)5-3-9/h2-5,11,16H,6-8H2,1H3,(H2,14,15,17). The highest BCUT2D eigenvalue weighted by Crippen LogP contribution is 2.09. The molecule has 6 heteroatoms. The fourth-order valence-corrected chi connectivity index (χ4v) is 1.57. The van der Waals surface area contributed by atoms with E-state index in [1.165, 1.54) is 7.11 Å². The first-order valence-corrected chi connectivity index (χ1v) is 6.34. The van der Waals surface area contributed by atoms with E-state index in [0.717, 1.165) is 10.0 Å². The van der Waals surface area contributed by atoms with Gasteiger partial charge in [-0.05, 0) is 17.7 Å². The van der Waals surface area contributed by atoms with Gasteiger partial charge in [-0.1, -0.05) is 28.1 Å². The van der Waals surface area contributed by atoms with Crippen LogP contribution in [-0.4, -0.2) is 37.5 Å². The highest BCUT2D eigenvalue weighted by Gasteiger charge is 2.05. The minimum atomic E-state index is -0.687. The van der Waals surface area contributed by atoms with Gasteiger partial charge in [0.05, 0.1) is 12.7 Å². The predicted octanol–water partition coefficient (Wildman–Crippen LogP) is 1.26. The average Bonchev–Trinajstić information content (AvgIpc) is 2.36. The number of amides is 2. The molecule has 0 aliphatic carbocycles. The molecule has 0 saturated heterocycles. The second kappa shape index (κ2) is 8.07. The summed E-state index contributed by atoms with van der Waals surface area (Å²) in [5, 5.41) is 14.6. The minimum Gasteiger partial charge on any atom is -0.389 e. The molecule has 100 valence electrons. The largest absolute Gasteiger partial charge is 0.389 e. The van der Waals surface area contributed by atoms with Crippen molar-refractivity contribution in [3.05, 3.63) is 34.3 Å². The first-order valence-electron chi connectivity index (χ1n) is 5.55. The SMILES string of the molecule is COCC(O)CNC(=O)NCc1ccc(Br)cc1. The Morgan fingerprint density at radius 3 is 2.67 bits per heavy atom. The number of carbonyl (C=O) groups is 1. The number of hydrogen-bond donors (Lipinski definition) is 3. The van der Waals surface area contributed by atoms with Crippen molar-refractivity contribution in [2.75, 3.05) is 20.3 Å². The van der Waals surface area contributed by atoms with Crippen molar-refractivity contribution in [2.24, 2.45) is 0 Å². The number of carbonyl (C=O) groups excluding carboxylic acids is 1. The van der Waals surface area contributed by atoms with Crippen molar-refractivity contribution in [3.8, 4) is 0 Å². The Kier molecular flexibility index (Phi) is 6.70. The summed E-state index contributed by atoms with van der Waals surface area (Å²) < 4.78 is 5.75. The Bertz CT molecular complexity index is 370. The Morgan fingerprint density at radius 2 is 2.06 bits per heavy atom. The zero-order valence-corrected chi connectivity index (χ0v) is 11.7. The van der Waals surface area contributed by atoms with Crippen molar-refractivity contribution in [3.63, 3.8) is 0 Å². The second-order valence-electron chi connectivity index (χ2n) is 3.80. The number of rotatable bonds is 6. The van der Waals surface area contributed by atoms with Crippen LogP contribution >= 0.6 is 15.9 Å². The molecule has 1 aromatic carbocycles. The van der Waals surface area contributed by atoms with E-state index < -0.39 is 6.10 Å². The van der Waals surface area contributed by atoms with E-state index in [-0.39, 0.29) is 19.2 Å². The summed E-state index contributed by atoms with van der Waals surface area (Å²) in [5.74, 6) is 0. The van der Waals surface area contributed by atoms with E-state index in [9.17, 15) is 9.90 Å². The van der Waals surface area contributed by atoms with E-state index in [1.54, 1.807) is 0 Å². The number of aliphatic hydroxyl groups is 1. The number of nitrogens with one attached hydrogen (secondary N) is 2. The quantitative estimate of drug-likeness (QED) is 0.740. The third-order valence-corrected chi connectivity index (χ3v) is 2.75. The lowest BCUT2D eigenvalue weighted by molar-refractivity contribution is 0.0660.